The maximum absolute atomic E-state index is 11.8. The van der Waals surface area contributed by atoms with Crippen molar-refractivity contribution in [2.45, 2.75) is 19.4 Å². The zero-order valence-electron chi connectivity index (χ0n) is 10.2. The molecule has 0 heterocycles. The lowest BCUT2D eigenvalue weighted by atomic mass is 9.87. The zero-order chi connectivity index (χ0) is 13.6. The van der Waals surface area contributed by atoms with Gasteiger partial charge in [-0.3, -0.25) is 9.59 Å². The first-order valence-electron chi connectivity index (χ1n) is 5.09. The number of ketones is 2. The van der Waals surface area contributed by atoms with Gasteiger partial charge in [-0.15, -0.1) is 0 Å². The Morgan fingerprint density at radius 3 is 1.88 bits per heavy atom. The van der Waals surface area contributed by atoms with Gasteiger partial charge in [0.1, 0.15) is 0 Å². The highest BCUT2D eigenvalue weighted by Gasteiger charge is 2.44. The van der Waals surface area contributed by atoms with Gasteiger partial charge in [0, 0.05) is 0 Å². The first kappa shape index (κ1) is 15.7. The number of aliphatic hydroxyl groups is 2. The molecule has 17 heavy (non-hydrogen) atoms. The Hall–Kier alpha value is -1.30. The highest BCUT2D eigenvalue weighted by atomic mass is 16.5. The normalized spacial score (nSPS) is 11.1. The van der Waals surface area contributed by atoms with Crippen molar-refractivity contribution in [2.24, 2.45) is 0 Å². The van der Waals surface area contributed by atoms with E-state index in [1.165, 1.54) is 13.8 Å². The van der Waals surface area contributed by atoms with Crippen molar-refractivity contribution < 1.29 is 24.5 Å². The fraction of sp³-hybridized carbons (Fsp3) is 0.500. The molecule has 0 amide bonds. The summed E-state index contributed by atoms with van der Waals surface area (Å²) in [7, 11) is 0. The van der Waals surface area contributed by atoms with Gasteiger partial charge in [0.25, 0.3) is 0 Å². The maximum Gasteiger partial charge on any atom is 0.213 e. The molecule has 0 aromatic carbocycles. The van der Waals surface area contributed by atoms with Gasteiger partial charge >= 0.3 is 0 Å². The summed E-state index contributed by atoms with van der Waals surface area (Å²) in [5.74, 6) is -1.60. The minimum absolute atomic E-state index is 0.0506. The zero-order valence-corrected chi connectivity index (χ0v) is 10.2. The van der Waals surface area contributed by atoms with Crippen LogP contribution in [0.15, 0.2) is 24.3 Å². The lowest BCUT2D eigenvalue weighted by Crippen LogP contribution is -2.51. The molecule has 0 aromatic rings. The molecule has 0 aliphatic carbocycles. The minimum atomic E-state index is -2.30. The second kappa shape index (κ2) is 6.44. The van der Waals surface area contributed by atoms with E-state index in [1.807, 2.05) is 0 Å². The Kier molecular flexibility index (Phi) is 5.95. The van der Waals surface area contributed by atoms with Crippen LogP contribution in [0.5, 0.6) is 0 Å². The molecule has 0 saturated carbocycles. The quantitative estimate of drug-likeness (QED) is 0.356. The SMILES string of the molecule is C=C(C)C(=O)C(O)(COCCO)C(=O)C(=C)C. The average Bonchev–Trinajstić information content (AvgIpc) is 2.26. The van der Waals surface area contributed by atoms with E-state index in [0.717, 1.165) is 0 Å². The van der Waals surface area contributed by atoms with Crippen LogP contribution in [0.1, 0.15) is 13.8 Å². The molecular formula is C12H18O5. The largest absolute Gasteiger partial charge is 0.394 e. The molecule has 0 radical (unpaired) electrons. The van der Waals surface area contributed by atoms with Gasteiger partial charge in [0.05, 0.1) is 19.8 Å². The standard InChI is InChI=1S/C12H18O5/c1-8(2)10(14)12(16,7-17-6-5-13)11(15)9(3)4/h13,16H,1,3,5-7H2,2,4H3. The van der Waals surface area contributed by atoms with Crippen molar-refractivity contribution in [3.63, 3.8) is 0 Å². The number of carbonyl (C=O) groups excluding carboxylic acids is 2. The first-order valence-corrected chi connectivity index (χ1v) is 5.09. The van der Waals surface area contributed by atoms with Crippen LogP contribution in [0.3, 0.4) is 0 Å². The number of hydrogen-bond donors (Lipinski definition) is 2. The minimum Gasteiger partial charge on any atom is -0.394 e. The number of ether oxygens (including phenoxy) is 1. The Bertz CT molecular complexity index is 317. The van der Waals surface area contributed by atoms with Gasteiger partial charge in [-0.2, -0.15) is 0 Å². The van der Waals surface area contributed by atoms with Crippen molar-refractivity contribution in [1.29, 1.82) is 0 Å². The van der Waals surface area contributed by atoms with Crippen LogP contribution >= 0.6 is 0 Å². The third kappa shape index (κ3) is 3.89. The third-order valence-corrected chi connectivity index (χ3v) is 2.07. The molecule has 5 nitrogen and oxygen atoms in total. The van der Waals surface area contributed by atoms with Crippen molar-refractivity contribution >= 4 is 11.6 Å². The van der Waals surface area contributed by atoms with Gasteiger partial charge in [-0.05, 0) is 25.0 Å². The molecule has 0 saturated heterocycles. The Labute approximate surface area is 100 Å². The van der Waals surface area contributed by atoms with Gasteiger partial charge in [0.2, 0.25) is 5.60 Å². The van der Waals surface area contributed by atoms with E-state index < -0.39 is 23.8 Å². The van der Waals surface area contributed by atoms with Crippen LogP contribution in [0.4, 0.5) is 0 Å². The summed E-state index contributed by atoms with van der Waals surface area (Å²) in [5, 5.41) is 18.6. The number of rotatable bonds is 8. The van der Waals surface area contributed by atoms with Crippen molar-refractivity contribution in [1.82, 2.24) is 0 Å². The van der Waals surface area contributed by atoms with Crippen molar-refractivity contribution in [2.75, 3.05) is 19.8 Å². The molecule has 0 fully saturated rings. The summed E-state index contributed by atoms with van der Waals surface area (Å²) in [5.41, 5.74) is -2.20. The fourth-order valence-corrected chi connectivity index (χ4v) is 1.22. The molecule has 0 aromatic heterocycles. The first-order chi connectivity index (χ1) is 7.77. The van der Waals surface area contributed by atoms with Crippen LogP contribution in [0.25, 0.3) is 0 Å². The predicted octanol–water partition coefficient (Wildman–Crippen LogP) is 0.0168. The van der Waals surface area contributed by atoms with E-state index in [2.05, 4.69) is 13.2 Å². The Morgan fingerprint density at radius 1 is 1.18 bits per heavy atom. The summed E-state index contributed by atoms with van der Waals surface area (Å²) in [6.07, 6.45) is 0. The van der Waals surface area contributed by atoms with Crippen molar-refractivity contribution in [3.05, 3.63) is 24.3 Å². The summed E-state index contributed by atoms with van der Waals surface area (Å²) >= 11 is 0. The van der Waals surface area contributed by atoms with E-state index in [1.54, 1.807) is 0 Å². The van der Waals surface area contributed by atoms with E-state index in [4.69, 9.17) is 9.84 Å². The topological polar surface area (TPSA) is 83.8 Å². The van der Waals surface area contributed by atoms with Crippen LogP contribution in [0.2, 0.25) is 0 Å². The fourth-order valence-electron chi connectivity index (χ4n) is 1.22. The molecule has 0 aliphatic rings. The lowest BCUT2D eigenvalue weighted by molar-refractivity contribution is -0.152. The highest BCUT2D eigenvalue weighted by Crippen LogP contribution is 2.17. The van der Waals surface area contributed by atoms with Gasteiger partial charge in [-0.25, -0.2) is 0 Å². The lowest BCUT2D eigenvalue weighted by Gasteiger charge is -2.25. The van der Waals surface area contributed by atoms with Crippen molar-refractivity contribution in [3.8, 4) is 0 Å². The number of carbonyl (C=O) groups is 2. The average molecular weight is 242 g/mol. The van der Waals surface area contributed by atoms with Gasteiger partial charge in [0.15, 0.2) is 11.6 Å². The summed E-state index contributed by atoms with van der Waals surface area (Å²) in [6.45, 7) is 8.72. The van der Waals surface area contributed by atoms with Crippen LogP contribution in [-0.2, 0) is 14.3 Å². The monoisotopic (exact) mass is 242 g/mol. The second-order valence-electron chi connectivity index (χ2n) is 3.86. The maximum atomic E-state index is 11.8. The summed E-state index contributed by atoms with van der Waals surface area (Å²) < 4.78 is 4.87. The summed E-state index contributed by atoms with van der Waals surface area (Å²) in [6, 6.07) is 0. The van der Waals surface area contributed by atoms with Crippen LogP contribution < -0.4 is 0 Å². The van der Waals surface area contributed by atoms with Gasteiger partial charge in [-0.1, -0.05) is 13.2 Å². The van der Waals surface area contributed by atoms with E-state index >= 15 is 0 Å². The van der Waals surface area contributed by atoms with E-state index in [-0.39, 0.29) is 24.4 Å². The second-order valence-corrected chi connectivity index (χ2v) is 3.86. The Balaban J connectivity index is 5.07. The van der Waals surface area contributed by atoms with E-state index in [0.29, 0.717) is 0 Å². The highest BCUT2D eigenvalue weighted by molar-refractivity contribution is 6.21. The number of aliphatic hydroxyl groups excluding tert-OH is 1. The molecule has 0 aliphatic heterocycles. The third-order valence-electron chi connectivity index (χ3n) is 2.07. The number of hydrogen-bond acceptors (Lipinski definition) is 5. The molecule has 0 unspecified atom stereocenters. The smallest absolute Gasteiger partial charge is 0.213 e. The molecule has 5 heteroatoms. The predicted molar refractivity (Wildman–Crippen MR) is 62.5 cm³/mol. The van der Waals surface area contributed by atoms with Crippen LogP contribution in [-0.4, -0.2) is 47.2 Å². The molecule has 2 N–H and O–H groups in total. The Morgan fingerprint density at radius 2 is 1.59 bits per heavy atom. The molecular weight excluding hydrogens is 224 g/mol. The molecule has 96 valence electrons. The molecule has 0 spiro atoms. The number of Topliss-reactive ketones (excluding diaryl/α,β-unsaturated/α-hetero) is 2. The molecule has 0 atom stereocenters. The van der Waals surface area contributed by atoms with Crippen LogP contribution in [0, 0.1) is 0 Å². The van der Waals surface area contributed by atoms with Gasteiger partial charge < -0.3 is 14.9 Å². The van der Waals surface area contributed by atoms with E-state index in [9.17, 15) is 14.7 Å². The molecule has 0 rings (SSSR count). The summed E-state index contributed by atoms with van der Waals surface area (Å²) in [4.78, 5) is 23.5. The molecule has 0 bridgehead atoms.